The van der Waals surface area contributed by atoms with Gasteiger partial charge >= 0.3 is 0 Å². The third-order valence-electron chi connectivity index (χ3n) is 1.52. The summed E-state index contributed by atoms with van der Waals surface area (Å²) in [6, 6.07) is 1.73. The van der Waals surface area contributed by atoms with Crippen molar-refractivity contribution in [1.82, 2.24) is 9.78 Å². The summed E-state index contributed by atoms with van der Waals surface area (Å²) >= 11 is 5.35. The Labute approximate surface area is 70.0 Å². The maximum Gasteiger partial charge on any atom is 0.197 e. The minimum Gasteiger partial charge on any atom is -0.291 e. The van der Waals surface area contributed by atoms with Gasteiger partial charge in [0.05, 0.1) is 5.88 Å². The summed E-state index contributed by atoms with van der Waals surface area (Å²) in [5.74, 6) is -0.133. The molecule has 0 bridgehead atoms. The van der Waals surface area contributed by atoms with Gasteiger partial charge in [0, 0.05) is 12.7 Å². The summed E-state index contributed by atoms with van der Waals surface area (Å²) in [6.07, 6.45) is 0. The molecule has 0 spiro atoms. The van der Waals surface area contributed by atoms with Gasteiger partial charge in [-0.05, 0) is 13.0 Å². The molecule has 0 radical (unpaired) electrons. The molecule has 0 aromatic carbocycles. The van der Waals surface area contributed by atoms with Crippen LogP contribution in [-0.4, -0.2) is 21.4 Å². The number of nitrogens with zero attached hydrogens (tertiary/aromatic N) is 2. The molecule has 0 fully saturated rings. The smallest absolute Gasteiger partial charge is 0.197 e. The van der Waals surface area contributed by atoms with Crippen LogP contribution < -0.4 is 0 Å². The van der Waals surface area contributed by atoms with Crippen molar-refractivity contribution in [3.63, 3.8) is 0 Å². The van der Waals surface area contributed by atoms with Crippen LogP contribution >= 0.6 is 11.6 Å². The highest BCUT2D eigenvalue weighted by Gasteiger charge is 2.08. The maximum atomic E-state index is 11.0. The highest BCUT2D eigenvalue weighted by molar-refractivity contribution is 6.30. The average molecular weight is 173 g/mol. The van der Waals surface area contributed by atoms with E-state index in [0.29, 0.717) is 5.69 Å². The van der Waals surface area contributed by atoms with Crippen LogP contribution in [0.3, 0.4) is 0 Å². The summed E-state index contributed by atoms with van der Waals surface area (Å²) in [5, 5.41) is 3.96. The maximum absolute atomic E-state index is 11.0. The molecule has 0 N–H and O–H groups in total. The molecule has 0 aliphatic rings. The lowest BCUT2D eigenvalue weighted by atomic mass is 10.3. The van der Waals surface area contributed by atoms with E-state index in [0.717, 1.165) is 5.69 Å². The van der Waals surface area contributed by atoms with Crippen LogP contribution in [0.1, 0.15) is 16.2 Å². The molecule has 3 nitrogen and oxygen atoms in total. The highest BCUT2D eigenvalue weighted by Crippen LogP contribution is 2.02. The van der Waals surface area contributed by atoms with E-state index in [-0.39, 0.29) is 11.7 Å². The van der Waals surface area contributed by atoms with E-state index < -0.39 is 0 Å². The number of carbonyl (C=O) groups excluding carboxylic acids is 1. The highest BCUT2D eigenvalue weighted by atomic mass is 35.5. The predicted molar refractivity (Wildman–Crippen MR) is 43.0 cm³/mol. The molecule has 1 rings (SSSR count). The van der Waals surface area contributed by atoms with Gasteiger partial charge in [0.2, 0.25) is 0 Å². The van der Waals surface area contributed by atoms with Gasteiger partial charge in [0.25, 0.3) is 0 Å². The number of carbonyl (C=O) groups is 1. The minimum atomic E-state index is -0.129. The molecule has 0 amide bonds. The largest absolute Gasteiger partial charge is 0.291 e. The SMILES string of the molecule is Cc1cc(C(=O)CCl)nn1C. The molecule has 0 unspecified atom stereocenters. The fourth-order valence-electron chi connectivity index (χ4n) is 0.765. The van der Waals surface area contributed by atoms with Crippen LogP contribution in [0, 0.1) is 6.92 Å². The summed E-state index contributed by atoms with van der Waals surface area (Å²) in [6.45, 7) is 1.89. The second-order valence-corrected chi connectivity index (χ2v) is 2.62. The normalized spacial score (nSPS) is 10.1. The molecule has 0 atom stereocenters. The first-order valence-electron chi connectivity index (χ1n) is 3.25. The van der Waals surface area contributed by atoms with Gasteiger partial charge in [-0.2, -0.15) is 5.10 Å². The molecular weight excluding hydrogens is 164 g/mol. The molecule has 11 heavy (non-hydrogen) atoms. The van der Waals surface area contributed by atoms with Crippen LogP contribution in [0.25, 0.3) is 0 Å². The van der Waals surface area contributed by atoms with E-state index in [9.17, 15) is 4.79 Å². The number of ketones is 1. The minimum absolute atomic E-state index is 0.00352. The van der Waals surface area contributed by atoms with Gasteiger partial charge in [0.1, 0.15) is 5.69 Å². The van der Waals surface area contributed by atoms with Gasteiger partial charge < -0.3 is 0 Å². The van der Waals surface area contributed by atoms with Crippen LogP contribution in [0.4, 0.5) is 0 Å². The Morgan fingerprint density at radius 1 is 1.82 bits per heavy atom. The molecule has 0 aliphatic heterocycles. The Balaban J connectivity index is 2.97. The fourth-order valence-corrected chi connectivity index (χ4v) is 0.902. The molecular formula is C7H9ClN2O. The lowest BCUT2D eigenvalue weighted by Gasteiger charge is -1.88. The Morgan fingerprint density at radius 3 is 2.82 bits per heavy atom. The molecule has 0 aliphatic carbocycles. The molecule has 0 saturated carbocycles. The number of Topliss-reactive ketones (excluding diaryl/α,β-unsaturated/α-hetero) is 1. The lowest BCUT2D eigenvalue weighted by Crippen LogP contribution is -2.02. The topological polar surface area (TPSA) is 34.9 Å². The number of aryl methyl sites for hydroxylation is 2. The van der Waals surface area contributed by atoms with E-state index in [1.807, 2.05) is 6.92 Å². The number of aromatic nitrogens is 2. The van der Waals surface area contributed by atoms with Crippen molar-refractivity contribution in [3.8, 4) is 0 Å². The molecule has 0 saturated heterocycles. The van der Waals surface area contributed by atoms with Crippen LogP contribution in [-0.2, 0) is 7.05 Å². The van der Waals surface area contributed by atoms with Crippen molar-refractivity contribution in [1.29, 1.82) is 0 Å². The molecule has 4 heteroatoms. The second kappa shape index (κ2) is 3.05. The van der Waals surface area contributed by atoms with E-state index in [1.165, 1.54) is 0 Å². The Morgan fingerprint density at radius 2 is 2.45 bits per heavy atom. The zero-order chi connectivity index (χ0) is 8.43. The Hall–Kier alpha value is -0.830. The van der Waals surface area contributed by atoms with Gasteiger partial charge in [-0.3, -0.25) is 9.48 Å². The molecule has 60 valence electrons. The second-order valence-electron chi connectivity index (χ2n) is 2.35. The third kappa shape index (κ3) is 1.60. The van der Waals surface area contributed by atoms with Crippen molar-refractivity contribution >= 4 is 17.4 Å². The van der Waals surface area contributed by atoms with E-state index in [1.54, 1.807) is 17.8 Å². The Bertz CT molecular complexity index is 260. The number of alkyl halides is 1. The lowest BCUT2D eigenvalue weighted by molar-refractivity contribution is 0.101. The van der Waals surface area contributed by atoms with Crippen molar-refractivity contribution in [2.24, 2.45) is 7.05 Å². The van der Waals surface area contributed by atoms with E-state index >= 15 is 0 Å². The van der Waals surface area contributed by atoms with E-state index in [2.05, 4.69) is 5.10 Å². The first-order chi connectivity index (χ1) is 5.15. The van der Waals surface area contributed by atoms with Crippen LogP contribution in [0.15, 0.2) is 6.07 Å². The number of hydrogen-bond donors (Lipinski definition) is 0. The van der Waals surface area contributed by atoms with Crippen molar-refractivity contribution in [2.45, 2.75) is 6.92 Å². The van der Waals surface area contributed by atoms with Gasteiger partial charge in [-0.25, -0.2) is 0 Å². The average Bonchev–Trinajstić information content (AvgIpc) is 2.31. The van der Waals surface area contributed by atoms with Gasteiger partial charge in [-0.1, -0.05) is 0 Å². The van der Waals surface area contributed by atoms with Crippen molar-refractivity contribution in [3.05, 3.63) is 17.5 Å². The first-order valence-corrected chi connectivity index (χ1v) is 3.78. The standard InChI is InChI=1S/C7H9ClN2O/c1-5-3-6(7(11)4-8)9-10(5)2/h3H,4H2,1-2H3. The van der Waals surface area contributed by atoms with Gasteiger partial charge in [0.15, 0.2) is 5.78 Å². The third-order valence-corrected chi connectivity index (χ3v) is 1.76. The number of halogens is 1. The monoisotopic (exact) mass is 172 g/mol. The van der Waals surface area contributed by atoms with Gasteiger partial charge in [-0.15, -0.1) is 11.6 Å². The summed E-state index contributed by atoms with van der Waals surface area (Å²) < 4.78 is 1.65. The van der Waals surface area contributed by atoms with E-state index in [4.69, 9.17) is 11.6 Å². The fraction of sp³-hybridized carbons (Fsp3) is 0.429. The molecule has 1 aromatic rings. The number of hydrogen-bond acceptors (Lipinski definition) is 2. The summed E-state index contributed by atoms with van der Waals surface area (Å²) in [7, 11) is 1.79. The zero-order valence-electron chi connectivity index (χ0n) is 6.47. The quantitative estimate of drug-likeness (QED) is 0.496. The predicted octanol–water partition coefficient (Wildman–Crippen LogP) is 1.15. The first kappa shape index (κ1) is 8.27. The molecule has 1 heterocycles. The van der Waals surface area contributed by atoms with Crippen LogP contribution in [0.2, 0.25) is 0 Å². The number of rotatable bonds is 2. The summed E-state index contributed by atoms with van der Waals surface area (Å²) in [5.41, 5.74) is 1.40. The van der Waals surface area contributed by atoms with Crippen molar-refractivity contribution in [2.75, 3.05) is 5.88 Å². The van der Waals surface area contributed by atoms with Crippen LogP contribution in [0.5, 0.6) is 0 Å². The van der Waals surface area contributed by atoms with Crippen molar-refractivity contribution < 1.29 is 4.79 Å². The molecule has 1 aromatic heterocycles. The Kier molecular flexibility index (Phi) is 2.29. The summed E-state index contributed by atoms with van der Waals surface area (Å²) in [4.78, 5) is 11.0. The zero-order valence-corrected chi connectivity index (χ0v) is 7.22.